The lowest BCUT2D eigenvalue weighted by Gasteiger charge is -2.11. The van der Waals surface area contributed by atoms with Crippen molar-refractivity contribution in [1.29, 1.82) is 0 Å². The van der Waals surface area contributed by atoms with Crippen molar-refractivity contribution >= 4 is 28.3 Å². The van der Waals surface area contributed by atoms with E-state index in [1.165, 1.54) is 0 Å². The molecule has 0 heterocycles. The normalized spacial score (nSPS) is 9.50. The summed E-state index contributed by atoms with van der Waals surface area (Å²) >= 11 is 6.61. The predicted octanol–water partition coefficient (Wildman–Crippen LogP) is 0.948. The van der Waals surface area contributed by atoms with Gasteiger partial charge in [-0.15, -0.1) is 0 Å². The third-order valence-corrected chi connectivity index (χ3v) is 2.72. The molecule has 0 aliphatic carbocycles. The molecule has 0 aromatic rings. The fourth-order valence-electron chi connectivity index (χ4n) is 0.353. The smallest absolute Gasteiger partial charge is 0.135 e. The molecule has 2 nitrogen and oxygen atoms in total. The van der Waals surface area contributed by atoms with Gasteiger partial charge in [0.1, 0.15) is 4.32 Å². The van der Waals surface area contributed by atoms with Crippen molar-refractivity contribution in [3.05, 3.63) is 0 Å². The first-order chi connectivity index (χ1) is 4.68. The van der Waals surface area contributed by atoms with Crippen molar-refractivity contribution in [2.75, 3.05) is 26.5 Å². The Hall–Kier alpha value is 0.200. The van der Waals surface area contributed by atoms with Crippen LogP contribution >= 0.6 is 24.0 Å². The molecular formula is C6H13NOS2. The molecule has 4 heteroatoms. The van der Waals surface area contributed by atoms with Crippen LogP contribution in [-0.4, -0.2) is 40.8 Å². The van der Waals surface area contributed by atoms with E-state index in [0.29, 0.717) is 0 Å². The summed E-state index contributed by atoms with van der Waals surface area (Å²) in [7, 11) is 3.85. The molecule has 0 spiro atoms. The minimum atomic E-state index is 0.253. The second kappa shape index (κ2) is 5.95. The Morgan fingerprint density at radius 2 is 2.20 bits per heavy atom. The fourth-order valence-corrected chi connectivity index (χ4v) is 1.31. The molecule has 10 heavy (non-hydrogen) atoms. The van der Waals surface area contributed by atoms with Crippen molar-refractivity contribution in [3.8, 4) is 0 Å². The fraction of sp³-hybridized carbons (Fsp3) is 0.833. The molecule has 0 saturated heterocycles. The highest BCUT2D eigenvalue weighted by Crippen LogP contribution is 2.06. The highest BCUT2D eigenvalue weighted by molar-refractivity contribution is 8.22. The van der Waals surface area contributed by atoms with Crippen LogP contribution in [0.3, 0.4) is 0 Å². The Morgan fingerprint density at radius 1 is 1.60 bits per heavy atom. The first kappa shape index (κ1) is 10.2. The van der Waals surface area contributed by atoms with E-state index in [2.05, 4.69) is 0 Å². The van der Waals surface area contributed by atoms with Gasteiger partial charge in [-0.2, -0.15) is 0 Å². The third kappa shape index (κ3) is 5.02. The molecule has 0 aromatic heterocycles. The van der Waals surface area contributed by atoms with Crippen LogP contribution in [0.2, 0.25) is 0 Å². The lowest BCUT2D eigenvalue weighted by molar-refractivity contribution is 0.296. The maximum atomic E-state index is 8.45. The highest BCUT2D eigenvalue weighted by atomic mass is 32.2. The van der Waals surface area contributed by atoms with Crippen molar-refractivity contribution in [1.82, 2.24) is 4.90 Å². The standard InChI is InChI=1S/C6H13NOS2/c1-7(2)6(9)10-5-3-4-8/h8H,3-5H2,1-2H3. The molecule has 0 saturated carbocycles. The molecule has 0 amide bonds. The Morgan fingerprint density at radius 3 is 2.60 bits per heavy atom. The topological polar surface area (TPSA) is 23.5 Å². The highest BCUT2D eigenvalue weighted by Gasteiger charge is 1.97. The number of aliphatic hydroxyl groups is 1. The minimum absolute atomic E-state index is 0.253. The van der Waals surface area contributed by atoms with E-state index in [1.807, 2.05) is 19.0 Å². The van der Waals surface area contributed by atoms with Crippen LogP contribution in [-0.2, 0) is 0 Å². The molecule has 60 valence electrons. The molecule has 0 unspecified atom stereocenters. The van der Waals surface area contributed by atoms with Crippen LogP contribution in [0, 0.1) is 0 Å². The van der Waals surface area contributed by atoms with Gasteiger partial charge in [-0.3, -0.25) is 0 Å². The lowest BCUT2D eigenvalue weighted by Crippen LogP contribution is -2.16. The summed E-state index contributed by atoms with van der Waals surface area (Å²) in [4.78, 5) is 1.90. The summed E-state index contributed by atoms with van der Waals surface area (Å²) in [6.07, 6.45) is 0.818. The van der Waals surface area contributed by atoms with Crippen LogP contribution in [0.4, 0.5) is 0 Å². The van der Waals surface area contributed by atoms with Gasteiger partial charge in [0.05, 0.1) is 0 Å². The van der Waals surface area contributed by atoms with Crippen LogP contribution in [0.25, 0.3) is 0 Å². The summed E-state index contributed by atoms with van der Waals surface area (Å²) in [5, 5.41) is 8.45. The van der Waals surface area contributed by atoms with Crippen LogP contribution in [0.15, 0.2) is 0 Å². The SMILES string of the molecule is CN(C)C(=S)SCCCO. The number of nitrogens with zero attached hydrogens (tertiary/aromatic N) is 1. The van der Waals surface area contributed by atoms with Crippen LogP contribution in [0.5, 0.6) is 0 Å². The number of hydrogen-bond acceptors (Lipinski definition) is 3. The Kier molecular flexibility index (Phi) is 6.06. The number of aliphatic hydroxyl groups excluding tert-OH is 1. The third-order valence-electron chi connectivity index (χ3n) is 0.893. The largest absolute Gasteiger partial charge is 0.396 e. The molecule has 0 aromatic carbocycles. The summed E-state index contributed by atoms with van der Waals surface area (Å²) in [6.45, 7) is 0.253. The van der Waals surface area contributed by atoms with E-state index in [-0.39, 0.29) is 6.61 Å². The van der Waals surface area contributed by atoms with Gasteiger partial charge in [0, 0.05) is 26.5 Å². The zero-order valence-electron chi connectivity index (χ0n) is 6.33. The lowest BCUT2D eigenvalue weighted by atomic mass is 10.5. The van der Waals surface area contributed by atoms with Crippen molar-refractivity contribution in [3.63, 3.8) is 0 Å². The van der Waals surface area contributed by atoms with Crippen molar-refractivity contribution < 1.29 is 5.11 Å². The van der Waals surface area contributed by atoms with Gasteiger partial charge in [0.25, 0.3) is 0 Å². The predicted molar refractivity (Wildman–Crippen MR) is 50.4 cm³/mol. The summed E-state index contributed by atoms with van der Waals surface area (Å²) in [5.74, 6) is 0.910. The van der Waals surface area contributed by atoms with E-state index < -0.39 is 0 Å². The minimum Gasteiger partial charge on any atom is -0.396 e. The van der Waals surface area contributed by atoms with E-state index in [0.717, 1.165) is 16.5 Å². The van der Waals surface area contributed by atoms with Gasteiger partial charge >= 0.3 is 0 Å². The second-order valence-corrected chi connectivity index (χ2v) is 3.81. The van der Waals surface area contributed by atoms with Crippen LogP contribution < -0.4 is 0 Å². The molecule has 0 aliphatic rings. The molecule has 1 N–H and O–H groups in total. The summed E-state index contributed by atoms with van der Waals surface area (Å²) < 4.78 is 0.883. The molecule has 0 fully saturated rings. The first-order valence-corrected chi connectivity index (χ1v) is 4.53. The van der Waals surface area contributed by atoms with E-state index in [1.54, 1.807) is 11.8 Å². The van der Waals surface area contributed by atoms with Gasteiger partial charge in [0.2, 0.25) is 0 Å². The average molecular weight is 179 g/mol. The van der Waals surface area contributed by atoms with Gasteiger partial charge in [-0.25, -0.2) is 0 Å². The number of hydrogen-bond donors (Lipinski definition) is 1. The number of rotatable bonds is 3. The Balaban J connectivity index is 3.22. The van der Waals surface area contributed by atoms with Crippen molar-refractivity contribution in [2.45, 2.75) is 6.42 Å². The van der Waals surface area contributed by atoms with Gasteiger partial charge in [-0.1, -0.05) is 24.0 Å². The molecule has 0 rings (SSSR count). The van der Waals surface area contributed by atoms with Crippen LogP contribution in [0.1, 0.15) is 6.42 Å². The monoisotopic (exact) mass is 179 g/mol. The zero-order valence-corrected chi connectivity index (χ0v) is 7.97. The molecule has 0 aliphatic heterocycles. The number of thiocarbonyl (C=S) groups is 1. The maximum Gasteiger partial charge on any atom is 0.135 e. The van der Waals surface area contributed by atoms with E-state index in [9.17, 15) is 0 Å². The maximum absolute atomic E-state index is 8.45. The quantitative estimate of drug-likeness (QED) is 0.515. The second-order valence-electron chi connectivity index (χ2n) is 2.09. The average Bonchev–Trinajstić information content (AvgIpc) is 1.88. The van der Waals surface area contributed by atoms with Gasteiger partial charge < -0.3 is 10.0 Å². The molecule has 0 radical (unpaired) electrons. The van der Waals surface area contributed by atoms with Gasteiger partial charge in [-0.05, 0) is 6.42 Å². The molecular weight excluding hydrogens is 166 g/mol. The zero-order chi connectivity index (χ0) is 7.98. The molecule has 0 bridgehead atoms. The summed E-state index contributed by atoms with van der Waals surface area (Å²) in [6, 6.07) is 0. The van der Waals surface area contributed by atoms with E-state index >= 15 is 0 Å². The van der Waals surface area contributed by atoms with Gasteiger partial charge in [0.15, 0.2) is 0 Å². The van der Waals surface area contributed by atoms with Crippen molar-refractivity contribution in [2.24, 2.45) is 0 Å². The first-order valence-electron chi connectivity index (χ1n) is 3.13. The summed E-state index contributed by atoms with van der Waals surface area (Å²) in [5.41, 5.74) is 0. The van der Waals surface area contributed by atoms with E-state index in [4.69, 9.17) is 17.3 Å². The number of thioether (sulfide) groups is 1. The molecule has 0 atom stereocenters. The Labute approximate surface area is 71.6 Å². The Bertz CT molecular complexity index is 106.